The number of primary amides is 1. The molecule has 1 amide bonds. The second kappa shape index (κ2) is 6.87. The minimum absolute atomic E-state index is 0.0975. The van der Waals surface area contributed by atoms with Gasteiger partial charge in [0.2, 0.25) is 5.88 Å². The molecule has 1 heterocycles. The topological polar surface area (TPSA) is 112 Å². The SMILES string of the molecule is C=C(Cc1cccc(Oc2nc(C3CC3)ncc2C(N)=O)c1)S(C)(=O)=O. The number of hydrogen-bond donors (Lipinski definition) is 1. The number of rotatable bonds is 7. The second-order valence-electron chi connectivity index (χ2n) is 6.32. The molecule has 2 aromatic rings. The van der Waals surface area contributed by atoms with Crippen molar-refractivity contribution in [3.8, 4) is 11.6 Å². The van der Waals surface area contributed by atoms with Crippen LogP contribution >= 0.6 is 0 Å². The molecule has 0 aliphatic heterocycles. The van der Waals surface area contributed by atoms with Crippen LogP contribution in [0.1, 0.15) is 40.5 Å². The molecular weight excluding hydrogens is 354 g/mol. The van der Waals surface area contributed by atoms with Crippen LogP contribution in [0.4, 0.5) is 0 Å². The van der Waals surface area contributed by atoms with Gasteiger partial charge in [0.15, 0.2) is 9.84 Å². The van der Waals surface area contributed by atoms with Crippen molar-refractivity contribution in [3.63, 3.8) is 0 Å². The number of amides is 1. The molecule has 8 heteroatoms. The van der Waals surface area contributed by atoms with E-state index in [-0.39, 0.29) is 22.8 Å². The summed E-state index contributed by atoms with van der Waals surface area (Å²) in [6.45, 7) is 3.60. The van der Waals surface area contributed by atoms with E-state index in [1.807, 2.05) is 0 Å². The Kier molecular flexibility index (Phi) is 4.78. The Morgan fingerprint density at radius 1 is 1.38 bits per heavy atom. The first-order valence-corrected chi connectivity index (χ1v) is 9.94. The van der Waals surface area contributed by atoms with Crippen molar-refractivity contribution in [2.24, 2.45) is 5.73 Å². The molecule has 1 aliphatic carbocycles. The van der Waals surface area contributed by atoms with Gasteiger partial charge in [0, 0.05) is 29.7 Å². The zero-order chi connectivity index (χ0) is 18.9. The molecule has 1 aromatic heterocycles. The highest BCUT2D eigenvalue weighted by Crippen LogP contribution is 2.39. The summed E-state index contributed by atoms with van der Waals surface area (Å²) in [5, 5.41) is 0. The highest BCUT2D eigenvalue weighted by molar-refractivity contribution is 7.94. The molecule has 1 aromatic carbocycles. The Balaban J connectivity index is 1.87. The van der Waals surface area contributed by atoms with Gasteiger partial charge in [0.25, 0.3) is 5.91 Å². The van der Waals surface area contributed by atoms with Crippen molar-refractivity contribution in [2.45, 2.75) is 25.2 Å². The number of aromatic nitrogens is 2. The summed E-state index contributed by atoms with van der Waals surface area (Å²) in [7, 11) is -3.32. The van der Waals surface area contributed by atoms with Crippen molar-refractivity contribution in [1.29, 1.82) is 0 Å². The summed E-state index contributed by atoms with van der Waals surface area (Å²) in [5.41, 5.74) is 6.19. The summed E-state index contributed by atoms with van der Waals surface area (Å²) < 4.78 is 28.8. The van der Waals surface area contributed by atoms with E-state index in [0.717, 1.165) is 24.7 Å². The van der Waals surface area contributed by atoms with E-state index in [0.29, 0.717) is 17.5 Å². The molecule has 0 unspecified atom stereocenters. The quantitative estimate of drug-likeness (QED) is 0.797. The lowest BCUT2D eigenvalue weighted by Crippen LogP contribution is -2.14. The van der Waals surface area contributed by atoms with Gasteiger partial charge in [0.05, 0.1) is 0 Å². The predicted octanol–water partition coefficient (Wildman–Crippen LogP) is 2.35. The summed E-state index contributed by atoms with van der Waals surface area (Å²) in [4.78, 5) is 20.2. The smallest absolute Gasteiger partial charge is 0.255 e. The standard InChI is InChI=1S/C18H19N3O4S/c1-11(26(2,23)24)8-12-4-3-5-14(9-12)25-18-15(16(19)22)10-20-17(21-18)13-6-7-13/h3-5,9-10,13H,1,6-8H2,2H3,(H2,19,22). The van der Waals surface area contributed by atoms with Crippen LogP contribution in [0.2, 0.25) is 0 Å². The average molecular weight is 373 g/mol. The Morgan fingerprint density at radius 2 is 2.12 bits per heavy atom. The van der Waals surface area contributed by atoms with Gasteiger partial charge in [-0.1, -0.05) is 18.7 Å². The zero-order valence-electron chi connectivity index (χ0n) is 14.3. The first-order chi connectivity index (χ1) is 12.2. The van der Waals surface area contributed by atoms with Gasteiger partial charge in [-0.3, -0.25) is 4.79 Å². The summed E-state index contributed by atoms with van der Waals surface area (Å²) in [6.07, 6.45) is 4.70. The van der Waals surface area contributed by atoms with Crippen LogP contribution < -0.4 is 10.5 Å². The maximum atomic E-state index is 11.6. The van der Waals surface area contributed by atoms with Gasteiger partial charge in [0.1, 0.15) is 17.1 Å². The maximum absolute atomic E-state index is 11.6. The Bertz CT molecular complexity index is 982. The number of sulfone groups is 1. The highest BCUT2D eigenvalue weighted by Gasteiger charge is 2.28. The fraction of sp³-hybridized carbons (Fsp3) is 0.278. The van der Waals surface area contributed by atoms with Gasteiger partial charge in [-0.25, -0.2) is 13.4 Å². The number of nitrogens with zero attached hydrogens (tertiary/aromatic N) is 2. The molecule has 136 valence electrons. The van der Waals surface area contributed by atoms with Gasteiger partial charge in [-0.05, 0) is 30.5 Å². The second-order valence-corrected chi connectivity index (χ2v) is 8.44. The molecule has 1 saturated carbocycles. The normalized spacial score (nSPS) is 14.0. The third-order valence-electron chi connectivity index (χ3n) is 4.02. The molecule has 0 spiro atoms. The number of hydrogen-bond acceptors (Lipinski definition) is 6. The lowest BCUT2D eigenvalue weighted by Gasteiger charge is -2.11. The molecule has 0 atom stereocenters. The first kappa shape index (κ1) is 18.1. The maximum Gasteiger partial charge on any atom is 0.255 e. The first-order valence-electron chi connectivity index (χ1n) is 8.05. The number of nitrogens with two attached hydrogens (primary N) is 1. The number of carbonyl (C=O) groups excluding carboxylic acids is 1. The molecule has 7 nitrogen and oxygen atoms in total. The van der Waals surface area contributed by atoms with Crippen LogP contribution in [-0.4, -0.2) is 30.5 Å². The summed E-state index contributed by atoms with van der Waals surface area (Å²) in [6, 6.07) is 6.87. The van der Waals surface area contributed by atoms with Crippen LogP contribution in [0.15, 0.2) is 41.9 Å². The van der Waals surface area contributed by atoms with Gasteiger partial charge in [-0.15, -0.1) is 0 Å². The van der Waals surface area contributed by atoms with Crippen molar-refractivity contribution >= 4 is 15.7 Å². The van der Waals surface area contributed by atoms with E-state index in [1.165, 1.54) is 6.20 Å². The van der Waals surface area contributed by atoms with E-state index < -0.39 is 15.7 Å². The van der Waals surface area contributed by atoms with Crippen molar-refractivity contribution in [2.75, 3.05) is 6.26 Å². The number of ether oxygens (including phenoxy) is 1. The van der Waals surface area contributed by atoms with E-state index in [2.05, 4.69) is 16.5 Å². The monoisotopic (exact) mass is 373 g/mol. The van der Waals surface area contributed by atoms with Crippen LogP contribution in [0, 0.1) is 0 Å². The lowest BCUT2D eigenvalue weighted by molar-refractivity contribution is 0.0997. The fourth-order valence-electron chi connectivity index (χ4n) is 2.35. The predicted molar refractivity (Wildman–Crippen MR) is 96.7 cm³/mol. The average Bonchev–Trinajstić information content (AvgIpc) is 3.39. The largest absolute Gasteiger partial charge is 0.438 e. The number of carbonyl (C=O) groups is 1. The van der Waals surface area contributed by atoms with E-state index in [9.17, 15) is 13.2 Å². The third kappa shape index (κ3) is 4.26. The van der Waals surface area contributed by atoms with Crippen LogP contribution in [-0.2, 0) is 16.3 Å². The number of benzene rings is 1. The van der Waals surface area contributed by atoms with Crippen LogP contribution in [0.25, 0.3) is 0 Å². The van der Waals surface area contributed by atoms with Crippen molar-refractivity contribution in [1.82, 2.24) is 9.97 Å². The molecule has 26 heavy (non-hydrogen) atoms. The third-order valence-corrected chi connectivity index (χ3v) is 5.21. The van der Waals surface area contributed by atoms with Gasteiger partial charge < -0.3 is 10.5 Å². The molecule has 0 bridgehead atoms. The zero-order valence-corrected chi connectivity index (χ0v) is 15.1. The van der Waals surface area contributed by atoms with Crippen LogP contribution in [0.3, 0.4) is 0 Å². The highest BCUT2D eigenvalue weighted by atomic mass is 32.2. The minimum atomic E-state index is -3.32. The molecular formula is C18H19N3O4S. The molecule has 2 N–H and O–H groups in total. The van der Waals surface area contributed by atoms with E-state index in [1.54, 1.807) is 24.3 Å². The molecule has 1 fully saturated rings. The fourth-order valence-corrected chi connectivity index (χ4v) is 2.78. The van der Waals surface area contributed by atoms with E-state index in [4.69, 9.17) is 10.5 Å². The Morgan fingerprint density at radius 3 is 2.73 bits per heavy atom. The molecule has 3 rings (SSSR count). The van der Waals surface area contributed by atoms with E-state index >= 15 is 0 Å². The van der Waals surface area contributed by atoms with Gasteiger partial charge in [-0.2, -0.15) is 4.98 Å². The lowest BCUT2D eigenvalue weighted by atomic mass is 10.1. The summed E-state index contributed by atoms with van der Waals surface area (Å²) >= 11 is 0. The van der Waals surface area contributed by atoms with Crippen molar-refractivity contribution in [3.05, 3.63) is 58.9 Å². The Labute approximate surface area is 151 Å². The molecule has 0 radical (unpaired) electrons. The summed E-state index contributed by atoms with van der Waals surface area (Å²) in [5.74, 6) is 0.777. The number of allylic oxidation sites excluding steroid dienone is 1. The van der Waals surface area contributed by atoms with Crippen molar-refractivity contribution < 1.29 is 17.9 Å². The minimum Gasteiger partial charge on any atom is -0.438 e. The molecule has 1 aliphatic rings. The van der Waals surface area contributed by atoms with Crippen LogP contribution in [0.5, 0.6) is 11.6 Å². The Hall–Kier alpha value is -2.74. The van der Waals surface area contributed by atoms with Gasteiger partial charge >= 0.3 is 0 Å². The molecule has 0 saturated heterocycles.